The van der Waals surface area contributed by atoms with Crippen LogP contribution < -0.4 is 5.32 Å². The average molecular weight is 200 g/mol. The molecule has 1 heterocycles. The van der Waals surface area contributed by atoms with Crippen LogP contribution in [-0.4, -0.2) is 47.8 Å². The Hall–Kier alpha value is -0.120. The number of β-amino-alcohol motifs (C(OH)–C–C–N with tert-alkyl or cyclic N) is 1. The van der Waals surface area contributed by atoms with Gasteiger partial charge in [-0.3, -0.25) is 4.90 Å². The van der Waals surface area contributed by atoms with Crippen LogP contribution in [-0.2, 0) is 0 Å². The molecule has 0 bridgehead atoms. The van der Waals surface area contributed by atoms with Crippen molar-refractivity contribution in [3.63, 3.8) is 0 Å². The molecular weight excluding hydrogens is 176 g/mol. The highest BCUT2D eigenvalue weighted by Gasteiger charge is 2.24. The molecule has 3 heteroatoms. The monoisotopic (exact) mass is 200 g/mol. The van der Waals surface area contributed by atoms with E-state index in [1.807, 2.05) is 0 Å². The molecule has 0 aliphatic carbocycles. The SMILES string of the molecule is CCCN(CC1CC(O)CN1)C(C)C. The van der Waals surface area contributed by atoms with Crippen molar-refractivity contribution in [2.45, 2.75) is 51.8 Å². The maximum atomic E-state index is 9.40. The van der Waals surface area contributed by atoms with Crippen LogP contribution in [0.2, 0.25) is 0 Å². The van der Waals surface area contributed by atoms with Crippen LogP contribution in [0.4, 0.5) is 0 Å². The lowest BCUT2D eigenvalue weighted by Gasteiger charge is -2.28. The summed E-state index contributed by atoms with van der Waals surface area (Å²) in [5.41, 5.74) is 0. The van der Waals surface area contributed by atoms with Crippen molar-refractivity contribution in [3.8, 4) is 0 Å². The van der Waals surface area contributed by atoms with Gasteiger partial charge < -0.3 is 10.4 Å². The van der Waals surface area contributed by atoms with E-state index >= 15 is 0 Å². The van der Waals surface area contributed by atoms with Gasteiger partial charge in [0, 0.05) is 25.2 Å². The number of nitrogens with one attached hydrogen (secondary N) is 1. The molecule has 1 fully saturated rings. The largest absolute Gasteiger partial charge is 0.392 e. The van der Waals surface area contributed by atoms with E-state index in [4.69, 9.17) is 0 Å². The van der Waals surface area contributed by atoms with Gasteiger partial charge in [0.05, 0.1) is 6.10 Å². The number of rotatable bonds is 5. The summed E-state index contributed by atoms with van der Waals surface area (Å²) in [5, 5.41) is 12.8. The Morgan fingerprint density at radius 1 is 1.50 bits per heavy atom. The van der Waals surface area contributed by atoms with Gasteiger partial charge in [0.25, 0.3) is 0 Å². The van der Waals surface area contributed by atoms with E-state index in [-0.39, 0.29) is 6.10 Å². The molecule has 3 nitrogen and oxygen atoms in total. The van der Waals surface area contributed by atoms with Crippen LogP contribution in [0.3, 0.4) is 0 Å². The second-order valence-electron chi connectivity index (χ2n) is 4.58. The van der Waals surface area contributed by atoms with E-state index in [1.54, 1.807) is 0 Å². The van der Waals surface area contributed by atoms with Gasteiger partial charge in [-0.05, 0) is 33.2 Å². The molecule has 2 unspecified atom stereocenters. The summed E-state index contributed by atoms with van der Waals surface area (Å²) in [6.45, 7) is 9.69. The summed E-state index contributed by atoms with van der Waals surface area (Å²) in [4.78, 5) is 2.48. The molecule has 2 atom stereocenters. The number of hydrogen-bond donors (Lipinski definition) is 2. The Balaban J connectivity index is 2.31. The fourth-order valence-electron chi connectivity index (χ4n) is 2.07. The van der Waals surface area contributed by atoms with Gasteiger partial charge in [0.2, 0.25) is 0 Å². The molecule has 1 rings (SSSR count). The number of aliphatic hydroxyl groups excluding tert-OH is 1. The smallest absolute Gasteiger partial charge is 0.0680 e. The molecule has 84 valence electrons. The number of aliphatic hydroxyl groups is 1. The number of hydrogen-bond acceptors (Lipinski definition) is 3. The molecule has 0 aromatic rings. The van der Waals surface area contributed by atoms with Gasteiger partial charge in [-0.25, -0.2) is 0 Å². The fraction of sp³-hybridized carbons (Fsp3) is 1.00. The van der Waals surface area contributed by atoms with Crippen molar-refractivity contribution in [1.29, 1.82) is 0 Å². The quantitative estimate of drug-likeness (QED) is 0.690. The first-order valence-corrected chi connectivity index (χ1v) is 5.79. The van der Waals surface area contributed by atoms with Crippen molar-refractivity contribution < 1.29 is 5.11 Å². The Morgan fingerprint density at radius 2 is 2.21 bits per heavy atom. The maximum Gasteiger partial charge on any atom is 0.0680 e. The Labute approximate surface area is 87.5 Å². The molecule has 1 aliphatic heterocycles. The van der Waals surface area contributed by atoms with Gasteiger partial charge in [0.1, 0.15) is 0 Å². The summed E-state index contributed by atoms with van der Waals surface area (Å²) in [6.07, 6.45) is 1.98. The second kappa shape index (κ2) is 5.69. The molecule has 1 aliphatic rings. The molecule has 0 radical (unpaired) electrons. The third-order valence-electron chi connectivity index (χ3n) is 2.89. The highest BCUT2D eigenvalue weighted by molar-refractivity contribution is 4.84. The summed E-state index contributed by atoms with van der Waals surface area (Å²) in [7, 11) is 0. The normalized spacial score (nSPS) is 27.9. The predicted molar refractivity (Wildman–Crippen MR) is 59.4 cm³/mol. The van der Waals surface area contributed by atoms with Gasteiger partial charge in [0.15, 0.2) is 0 Å². The first-order chi connectivity index (χ1) is 6.63. The predicted octanol–water partition coefficient (Wildman–Crippen LogP) is 0.830. The van der Waals surface area contributed by atoms with Gasteiger partial charge in [-0.2, -0.15) is 0 Å². The highest BCUT2D eigenvalue weighted by atomic mass is 16.3. The van der Waals surface area contributed by atoms with Crippen molar-refractivity contribution in [3.05, 3.63) is 0 Å². The summed E-state index contributed by atoms with van der Waals surface area (Å²) < 4.78 is 0. The maximum absolute atomic E-state index is 9.40. The van der Waals surface area contributed by atoms with Crippen LogP contribution in [0.15, 0.2) is 0 Å². The fourth-order valence-corrected chi connectivity index (χ4v) is 2.07. The van der Waals surface area contributed by atoms with Crippen LogP contribution >= 0.6 is 0 Å². The molecular formula is C11H24N2O. The topological polar surface area (TPSA) is 35.5 Å². The Bertz CT molecular complexity index is 161. The standard InChI is InChI=1S/C11H24N2O/c1-4-5-13(9(2)3)8-10-6-11(14)7-12-10/h9-12,14H,4-8H2,1-3H3. The van der Waals surface area contributed by atoms with E-state index in [2.05, 4.69) is 31.0 Å². The highest BCUT2D eigenvalue weighted by Crippen LogP contribution is 2.10. The van der Waals surface area contributed by atoms with Crippen LogP contribution in [0, 0.1) is 0 Å². The Kier molecular flexibility index (Phi) is 4.85. The zero-order valence-electron chi connectivity index (χ0n) is 9.66. The van der Waals surface area contributed by atoms with Crippen molar-refractivity contribution in [2.24, 2.45) is 0 Å². The van der Waals surface area contributed by atoms with Crippen molar-refractivity contribution >= 4 is 0 Å². The van der Waals surface area contributed by atoms with Gasteiger partial charge >= 0.3 is 0 Å². The molecule has 0 aromatic heterocycles. The molecule has 0 saturated carbocycles. The molecule has 2 N–H and O–H groups in total. The van der Waals surface area contributed by atoms with E-state index in [1.165, 1.54) is 6.42 Å². The molecule has 0 aromatic carbocycles. The third-order valence-corrected chi connectivity index (χ3v) is 2.89. The molecule has 0 amide bonds. The second-order valence-corrected chi connectivity index (χ2v) is 4.58. The lowest BCUT2D eigenvalue weighted by atomic mass is 10.1. The third kappa shape index (κ3) is 3.56. The van der Waals surface area contributed by atoms with E-state index < -0.39 is 0 Å². The lowest BCUT2D eigenvalue weighted by molar-refractivity contribution is 0.177. The molecule has 1 saturated heterocycles. The molecule has 0 spiro atoms. The van der Waals surface area contributed by atoms with E-state index in [0.29, 0.717) is 12.1 Å². The average Bonchev–Trinajstić information content (AvgIpc) is 2.50. The summed E-state index contributed by atoms with van der Waals surface area (Å²) in [6, 6.07) is 1.09. The minimum absolute atomic E-state index is 0.129. The van der Waals surface area contributed by atoms with Gasteiger partial charge in [-0.1, -0.05) is 6.92 Å². The first kappa shape index (κ1) is 12.0. The summed E-state index contributed by atoms with van der Waals surface area (Å²) >= 11 is 0. The zero-order valence-corrected chi connectivity index (χ0v) is 9.66. The van der Waals surface area contributed by atoms with E-state index in [9.17, 15) is 5.11 Å². The minimum Gasteiger partial charge on any atom is -0.392 e. The number of nitrogens with zero attached hydrogens (tertiary/aromatic N) is 1. The van der Waals surface area contributed by atoms with Gasteiger partial charge in [-0.15, -0.1) is 0 Å². The van der Waals surface area contributed by atoms with Crippen molar-refractivity contribution in [2.75, 3.05) is 19.6 Å². The van der Waals surface area contributed by atoms with E-state index in [0.717, 1.165) is 26.1 Å². The van der Waals surface area contributed by atoms with Crippen LogP contribution in [0.5, 0.6) is 0 Å². The van der Waals surface area contributed by atoms with Crippen LogP contribution in [0.25, 0.3) is 0 Å². The van der Waals surface area contributed by atoms with Crippen LogP contribution in [0.1, 0.15) is 33.6 Å². The zero-order chi connectivity index (χ0) is 10.6. The lowest BCUT2D eigenvalue weighted by Crippen LogP contribution is -2.41. The first-order valence-electron chi connectivity index (χ1n) is 5.79. The Morgan fingerprint density at radius 3 is 2.64 bits per heavy atom. The minimum atomic E-state index is -0.129. The molecule has 14 heavy (non-hydrogen) atoms. The summed E-state index contributed by atoms with van der Waals surface area (Å²) in [5.74, 6) is 0. The van der Waals surface area contributed by atoms with Crippen molar-refractivity contribution in [1.82, 2.24) is 10.2 Å².